The summed E-state index contributed by atoms with van der Waals surface area (Å²) in [4.78, 5) is 47.2. The van der Waals surface area contributed by atoms with Crippen molar-refractivity contribution in [3.63, 3.8) is 0 Å². The van der Waals surface area contributed by atoms with E-state index in [1.54, 1.807) is 48.5 Å². The second kappa shape index (κ2) is 8.79. The topological polar surface area (TPSA) is 133 Å². The van der Waals surface area contributed by atoms with Gasteiger partial charge in [-0.25, -0.2) is 5.10 Å². The summed E-state index contributed by atoms with van der Waals surface area (Å²) in [5, 5.41) is 15.1. The number of nitrogens with zero attached hydrogens (tertiary/aromatic N) is 1. The average molecular weight is 393 g/mol. The summed E-state index contributed by atoms with van der Waals surface area (Å²) in [5.74, 6) is -1.04. The standard InChI is InChI=1S/C20H19N5O4/c1-12(26)22-13-5-4-6-14(9-13)23-19(28)11-21-18(27)10-17-15-7-2-3-8-16(15)20(29)25-24-17/h2-9H,10-11H2,1H3,(H,21,27)(H,22,26)(H,23,28)(H,25,29). The van der Waals surface area contributed by atoms with Crippen molar-refractivity contribution in [3.05, 3.63) is 64.6 Å². The highest BCUT2D eigenvalue weighted by atomic mass is 16.2. The number of aromatic nitrogens is 2. The summed E-state index contributed by atoms with van der Waals surface area (Å²) in [6.45, 7) is 1.16. The Kier molecular flexibility index (Phi) is 5.98. The van der Waals surface area contributed by atoms with Crippen molar-refractivity contribution >= 4 is 39.9 Å². The smallest absolute Gasteiger partial charge is 0.272 e. The van der Waals surface area contributed by atoms with Gasteiger partial charge in [-0.1, -0.05) is 24.3 Å². The number of aromatic amines is 1. The number of hydrogen-bond acceptors (Lipinski definition) is 5. The molecule has 3 amide bonds. The molecule has 0 aliphatic heterocycles. The van der Waals surface area contributed by atoms with E-state index in [-0.39, 0.29) is 24.4 Å². The van der Waals surface area contributed by atoms with Crippen LogP contribution >= 0.6 is 0 Å². The van der Waals surface area contributed by atoms with E-state index in [9.17, 15) is 19.2 Å². The molecule has 9 heteroatoms. The fourth-order valence-electron chi connectivity index (χ4n) is 2.78. The van der Waals surface area contributed by atoms with Crippen LogP contribution in [0.2, 0.25) is 0 Å². The van der Waals surface area contributed by atoms with Crippen molar-refractivity contribution in [2.45, 2.75) is 13.3 Å². The molecule has 1 aromatic heterocycles. The first-order valence-corrected chi connectivity index (χ1v) is 8.83. The third kappa shape index (κ3) is 5.25. The average Bonchev–Trinajstić information content (AvgIpc) is 2.68. The minimum atomic E-state index is -0.419. The van der Waals surface area contributed by atoms with Crippen LogP contribution in [-0.4, -0.2) is 34.5 Å². The molecule has 0 aliphatic carbocycles. The van der Waals surface area contributed by atoms with Crippen molar-refractivity contribution in [1.29, 1.82) is 0 Å². The van der Waals surface area contributed by atoms with E-state index in [2.05, 4.69) is 26.1 Å². The third-order valence-electron chi connectivity index (χ3n) is 4.02. The maximum Gasteiger partial charge on any atom is 0.272 e. The van der Waals surface area contributed by atoms with E-state index >= 15 is 0 Å². The van der Waals surface area contributed by atoms with Crippen molar-refractivity contribution in [2.24, 2.45) is 0 Å². The number of carbonyl (C=O) groups is 3. The molecule has 2 aromatic carbocycles. The van der Waals surface area contributed by atoms with Gasteiger partial charge in [0, 0.05) is 23.7 Å². The lowest BCUT2D eigenvalue weighted by molar-refractivity contribution is -0.123. The van der Waals surface area contributed by atoms with Gasteiger partial charge < -0.3 is 16.0 Å². The van der Waals surface area contributed by atoms with E-state index in [1.807, 2.05) is 0 Å². The van der Waals surface area contributed by atoms with Crippen molar-refractivity contribution in [1.82, 2.24) is 15.5 Å². The van der Waals surface area contributed by atoms with Gasteiger partial charge in [0.1, 0.15) is 0 Å². The minimum Gasteiger partial charge on any atom is -0.347 e. The second-order valence-electron chi connectivity index (χ2n) is 6.31. The van der Waals surface area contributed by atoms with Gasteiger partial charge in [0.25, 0.3) is 5.56 Å². The zero-order valence-electron chi connectivity index (χ0n) is 15.6. The minimum absolute atomic E-state index is 0.0808. The van der Waals surface area contributed by atoms with Gasteiger partial charge in [0.05, 0.1) is 24.0 Å². The Balaban J connectivity index is 1.57. The molecule has 0 saturated heterocycles. The van der Waals surface area contributed by atoms with E-state index in [1.165, 1.54) is 6.92 Å². The largest absolute Gasteiger partial charge is 0.347 e. The first kappa shape index (κ1) is 19.7. The van der Waals surface area contributed by atoms with E-state index in [4.69, 9.17) is 0 Å². The van der Waals surface area contributed by atoms with E-state index in [0.29, 0.717) is 27.8 Å². The number of nitrogens with one attached hydrogen (secondary N) is 4. The number of H-pyrrole nitrogens is 1. The molecular weight excluding hydrogens is 374 g/mol. The van der Waals surface area contributed by atoms with E-state index in [0.717, 1.165) is 0 Å². The van der Waals surface area contributed by atoms with E-state index < -0.39 is 11.8 Å². The van der Waals surface area contributed by atoms with Gasteiger partial charge in [-0.3, -0.25) is 19.2 Å². The molecule has 1 heterocycles. The molecule has 4 N–H and O–H groups in total. The molecule has 9 nitrogen and oxygen atoms in total. The van der Waals surface area contributed by atoms with Gasteiger partial charge >= 0.3 is 0 Å². The molecule has 0 fully saturated rings. The first-order chi connectivity index (χ1) is 13.9. The fraction of sp³-hybridized carbons (Fsp3) is 0.150. The number of rotatable bonds is 6. The summed E-state index contributed by atoms with van der Waals surface area (Å²) in [6, 6.07) is 13.5. The van der Waals surface area contributed by atoms with Gasteiger partial charge in [0.15, 0.2) is 0 Å². The van der Waals surface area contributed by atoms with Crippen LogP contribution < -0.4 is 21.5 Å². The Hall–Kier alpha value is -4.01. The lowest BCUT2D eigenvalue weighted by atomic mass is 10.1. The SMILES string of the molecule is CC(=O)Nc1cccc(NC(=O)CNC(=O)Cc2n[nH]c(=O)c3ccccc23)c1. The molecule has 0 atom stereocenters. The molecule has 0 radical (unpaired) electrons. The number of benzene rings is 2. The Morgan fingerprint density at radius 2 is 1.62 bits per heavy atom. The van der Waals surface area contributed by atoms with Crippen molar-refractivity contribution in [2.75, 3.05) is 17.2 Å². The quantitative estimate of drug-likeness (QED) is 0.499. The molecular formula is C20H19N5O4. The highest BCUT2D eigenvalue weighted by Crippen LogP contribution is 2.15. The van der Waals surface area contributed by atoms with Crippen LogP contribution in [0.15, 0.2) is 53.3 Å². The zero-order valence-corrected chi connectivity index (χ0v) is 15.6. The molecule has 148 valence electrons. The number of anilines is 2. The fourth-order valence-corrected chi connectivity index (χ4v) is 2.78. The number of fused-ring (bicyclic) bond motifs is 1. The Bertz CT molecular complexity index is 1140. The normalized spacial score (nSPS) is 10.4. The van der Waals surface area contributed by atoms with Crippen LogP contribution in [0.1, 0.15) is 12.6 Å². The molecule has 29 heavy (non-hydrogen) atoms. The zero-order chi connectivity index (χ0) is 20.8. The molecule has 0 spiro atoms. The number of amides is 3. The van der Waals surface area contributed by atoms with Gasteiger partial charge in [-0.05, 0) is 24.3 Å². The van der Waals surface area contributed by atoms with Gasteiger partial charge in [0.2, 0.25) is 17.7 Å². The number of hydrogen-bond donors (Lipinski definition) is 4. The van der Waals surface area contributed by atoms with Crippen LogP contribution in [0, 0.1) is 0 Å². The van der Waals surface area contributed by atoms with Crippen LogP contribution in [-0.2, 0) is 20.8 Å². The predicted molar refractivity (Wildman–Crippen MR) is 108 cm³/mol. The van der Waals surface area contributed by atoms with Crippen LogP contribution in [0.4, 0.5) is 11.4 Å². The highest BCUT2D eigenvalue weighted by Gasteiger charge is 2.12. The Labute approximate surface area is 165 Å². The first-order valence-electron chi connectivity index (χ1n) is 8.83. The van der Waals surface area contributed by atoms with Gasteiger partial charge in [-0.15, -0.1) is 0 Å². The van der Waals surface area contributed by atoms with Crippen LogP contribution in [0.5, 0.6) is 0 Å². The lowest BCUT2D eigenvalue weighted by Gasteiger charge is -2.09. The summed E-state index contributed by atoms with van der Waals surface area (Å²) >= 11 is 0. The van der Waals surface area contributed by atoms with Crippen LogP contribution in [0.3, 0.4) is 0 Å². The Morgan fingerprint density at radius 3 is 2.34 bits per heavy atom. The molecule has 3 rings (SSSR count). The Morgan fingerprint density at radius 1 is 0.931 bits per heavy atom. The van der Waals surface area contributed by atoms with Gasteiger partial charge in [-0.2, -0.15) is 5.10 Å². The monoisotopic (exact) mass is 393 g/mol. The lowest BCUT2D eigenvalue weighted by Crippen LogP contribution is -2.34. The molecule has 0 bridgehead atoms. The predicted octanol–water partition coefficient (Wildman–Crippen LogP) is 1.18. The van der Waals surface area contributed by atoms with Crippen LogP contribution in [0.25, 0.3) is 10.8 Å². The maximum absolute atomic E-state index is 12.2. The summed E-state index contributed by atoms with van der Waals surface area (Å²) in [7, 11) is 0. The highest BCUT2D eigenvalue weighted by molar-refractivity contribution is 5.96. The number of carbonyl (C=O) groups excluding carboxylic acids is 3. The summed E-state index contributed by atoms with van der Waals surface area (Å²) in [6.07, 6.45) is -0.0808. The molecule has 0 saturated carbocycles. The third-order valence-corrected chi connectivity index (χ3v) is 4.02. The molecule has 3 aromatic rings. The second-order valence-corrected chi connectivity index (χ2v) is 6.31. The van der Waals surface area contributed by atoms with Crippen molar-refractivity contribution in [3.8, 4) is 0 Å². The summed E-state index contributed by atoms with van der Waals surface area (Å²) < 4.78 is 0. The maximum atomic E-state index is 12.2. The van der Waals surface area contributed by atoms with Crippen molar-refractivity contribution < 1.29 is 14.4 Å². The summed E-state index contributed by atoms with van der Waals surface area (Å²) in [5.41, 5.74) is 1.13. The molecule has 0 aliphatic rings. The molecule has 0 unspecified atom stereocenters.